The lowest BCUT2D eigenvalue weighted by molar-refractivity contribution is -0.161. The standard InChI is InChI=1S/C16H22N2O4/c1-8(6-10-4-3-5-17-10)11-7-12-13(9(2)19)15(20)18(12)14(11)16(21)22/h6,9-10,12-13,17,19H,3-5,7H2,1-2H3,(H,21,22)/b8-6+/t9-,10+,12-,13-/m1/s1. The van der Waals surface area contributed by atoms with Gasteiger partial charge in [0.1, 0.15) is 5.70 Å². The van der Waals surface area contributed by atoms with Gasteiger partial charge >= 0.3 is 5.97 Å². The predicted molar refractivity (Wildman–Crippen MR) is 79.9 cm³/mol. The number of β-lactam (4-membered cyclic amide) rings is 1. The van der Waals surface area contributed by atoms with Crippen LogP contribution in [0.25, 0.3) is 0 Å². The molecule has 0 radical (unpaired) electrons. The summed E-state index contributed by atoms with van der Waals surface area (Å²) >= 11 is 0. The number of aliphatic hydroxyl groups is 1. The van der Waals surface area contributed by atoms with Gasteiger partial charge in [-0.05, 0) is 50.8 Å². The van der Waals surface area contributed by atoms with E-state index in [0.717, 1.165) is 30.5 Å². The highest BCUT2D eigenvalue weighted by atomic mass is 16.4. The third-order valence-corrected chi connectivity index (χ3v) is 4.96. The summed E-state index contributed by atoms with van der Waals surface area (Å²) in [4.78, 5) is 25.1. The Bertz CT molecular complexity index is 573. The van der Waals surface area contributed by atoms with Crippen molar-refractivity contribution in [2.75, 3.05) is 6.54 Å². The first kappa shape index (κ1) is 15.2. The van der Waals surface area contributed by atoms with E-state index in [1.165, 1.54) is 4.90 Å². The molecule has 0 saturated carbocycles. The molecule has 3 aliphatic heterocycles. The molecule has 3 aliphatic rings. The molecule has 0 aromatic heterocycles. The van der Waals surface area contributed by atoms with Crippen LogP contribution in [0.4, 0.5) is 0 Å². The number of hydrogen-bond acceptors (Lipinski definition) is 4. The first-order valence-electron chi connectivity index (χ1n) is 7.81. The number of carbonyl (C=O) groups excluding carboxylic acids is 1. The van der Waals surface area contributed by atoms with Crippen molar-refractivity contribution in [3.05, 3.63) is 22.9 Å². The summed E-state index contributed by atoms with van der Waals surface area (Å²) in [6, 6.07) is 0.0625. The molecular weight excluding hydrogens is 284 g/mol. The normalized spacial score (nSPS) is 33.0. The number of aliphatic hydroxyl groups excluding tert-OH is 1. The minimum absolute atomic E-state index is 0.0960. The minimum Gasteiger partial charge on any atom is -0.477 e. The van der Waals surface area contributed by atoms with Gasteiger partial charge in [-0.3, -0.25) is 4.79 Å². The maximum Gasteiger partial charge on any atom is 0.352 e. The van der Waals surface area contributed by atoms with Crippen LogP contribution in [0.1, 0.15) is 33.1 Å². The van der Waals surface area contributed by atoms with Gasteiger partial charge in [-0.2, -0.15) is 0 Å². The van der Waals surface area contributed by atoms with E-state index in [4.69, 9.17) is 0 Å². The van der Waals surface area contributed by atoms with E-state index in [0.29, 0.717) is 6.42 Å². The van der Waals surface area contributed by atoms with Crippen LogP contribution >= 0.6 is 0 Å². The molecule has 4 atom stereocenters. The quantitative estimate of drug-likeness (QED) is 0.663. The molecule has 0 spiro atoms. The van der Waals surface area contributed by atoms with Crippen molar-refractivity contribution in [2.45, 2.75) is 51.3 Å². The number of amides is 1. The smallest absolute Gasteiger partial charge is 0.352 e. The molecule has 3 N–H and O–H groups in total. The zero-order valence-electron chi connectivity index (χ0n) is 12.9. The average Bonchev–Trinajstić information content (AvgIpc) is 3.03. The molecule has 120 valence electrons. The van der Waals surface area contributed by atoms with Crippen LogP contribution in [-0.2, 0) is 9.59 Å². The zero-order chi connectivity index (χ0) is 16.0. The van der Waals surface area contributed by atoms with E-state index in [-0.39, 0.29) is 23.7 Å². The molecule has 2 fully saturated rings. The van der Waals surface area contributed by atoms with Crippen molar-refractivity contribution in [2.24, 2.45) is 5.92 Å². The van der Waals surface area contributed by atoms with E-state index in [1.54, 1.807) is 6.92 Å². The first-order valence-corrected chi connectivity index (χ1v) is 7.81. The highest BCUT2D eigenvalue weighted by Crippen LogP contribution is 2.45. The lowest BCUT2D eigenvalue weighted by atomic mass is 9.82. The van der Waals surface area contributed by atoms with Gasteiger partial charge in [0.05, 0.1) is 18.1 Å². The van der Waals surface area contributed by atoms with Gasteiger partial charge in [-0.15, -0.1) is 0 Å². The Labute approximate surface area is 129 Å². The largest absolute Gasteiger partial charge is 0.477 e. The molecular formula is C16H22N2O4. The molecule has 22 heavy (non-hydrogen) atoms. The van der Waals surface area contributed by atoms with Crippen molar-refractivity contribution in [3.8, 4) is 0 Å². The fourth-order valence-electron chi connectivity index (χ4n) is 3.88. The van der Waals surface area contributed by atoms with Crippen molar-refractivity contribution in [1.29, 1.82) is 0 Å². The van der Waals surface area contributed by atoms with Crippen LogP contribution in [0.5, 0.6) is 0 Å². The summed E-state index contributed by atoms with van der Waals surface area (Å²) in [6.07, 6.45) is 4.01. The SMILES string of the molecule is C/C(=C\[C@@H]1CCCN1)C1=C(C(=O)O)N2C(=O)[C@H]([C@@H](C)O)[C@H]2C1. The molecule has 3 heterocycles. The van der Waals surface area contributed by atoms with Crippen LogP contribution in [0, 0.1) is 5.92 Å². The van der Waals surface area contributed by atoms with E-state index in [1.807, 2.05) is 6.92 Å². The van der Waals surface area contributed by atoms with E-state index in [9.17, 15) is 19.8 Å². The molecule has 0 aromatic carbocycles. The minimum atomic E-state index is -1.07. The number of hydrogen-bond donors (Lipinski definition) is 3. The highest BCUT2D eigenvalue weighted by molar-refractivity contribution is 6.00. The lowest BCUT2D eigenvalue weighted by Crippen LogP contribution is -2.61. The summed E-state index contributed by atoms with van der Waals surface area (Å²) in [5.74, 6) is -1.83. The zero-order valence-corrected chi connectivity index (χ0v) is 12.9. The summed E-state index contributed by atoms with van der Waals surface area (Å²) in [5.41, 5.74) is 1.74. The Morgan fingerprint density at radius 3 is 2.77 bits per heavy atom. The molecule has 0 unspecified atom stereocenters. The maximum absolute atomic E-state index is 12.1. The van der Waals surface area contributed by atoms with Gasteiger partial charge in [0.25, 0.3) is 0 Å². The third-order valence-electron chi connectivity index (χ3n) is 4.96. The molecule has 3 rings (SSSR count). The number of nitrogens with zero attached hydrogens (tertiary/aromatic N) is 1. The van der Waals surface area contributed by atoms with Crippen molar-refractivity contribution in [3.63, 3.8) is 0 Å². The van der Waals surface area contributed by atoms with Gasteiger partial charge < -0.3 is 20.4 Å². The van der Waals surface area contributed by atoms with Crippen LogP contribution < -0.4 is 5.32 Å². The average molecular weight is 306 g/mol. The lowest BCUT2D eigenvalue weighted by Gasteiger charge is -2.44. The first-order chi connectivity index (χ1) is 10.4. The van der Waals surface area contributed by atoms with Gasteiger partial charge in [0.2, 0.25) is 5.91 Å². The molecule has 0 aromatic rings. The Hall–Kier alpha value is -1.66. The van der Waals surface area contributed by atoms with E-state index < -0.39 is 18.0 Å². The number of nitrogens with one attached hydrogen (secondary N) is 1. The Morgan fingerprint density at radius 2 is 2.23 bits per heavy atom. The second kappa shape index (κ2) is 5.52. The second-order valence-electron chi connectivity index (χ2n) is 6.43. The van der Waals surface area contributed by atoms with Crippen molar-refractivity contribution < 1.29 is 19.8 Å². The molecule has 0 aliphatic carbocycles. The fraction of sp³-hybridized carbons (Fsp3) is 0.625. The number of carbonyl (C=O) groups is 2. The predicted octanol–water partition coefficient (Wildman–Crippen LogP) is 0.635. The van der Waals surface area contributed by atoms with Gasteiger partial charge in [-0.1, -0.05) is 6.08 Å². The third kappa shape index (κ3) is 2.27. The summed E-state index contributed by atoms with van der Waals surface area (Å²) < 4.78 is 0. The topological polar surface area (TPSA) is 89.9 Å². The number of rotatable bonds is 4. The summed E-state index contributed by atoms with van der Waals surface area (Å²) in [5, 5.41) is 22.6. The Morgan fingerprint density at radius 1 is 1.50 bits per heavy atom. The molecule has 2 saturated heterocycles. The van der Waals surface area contributed by atoms with Crippen LogP contribution in [-0.4, -0.2) is 51.7 Å². The van der Waals surface area contributed by atoms with Gasteiger partial charge in [0.15, 0.2) is 0 Å². The number of allylic oxidation sites excluding steroid dienone is 1. The monoisotopic (exact) mass is 306 g/mol. The fourth-order valence-corrected chi connectivity index (χ4v) is 3.88. The second-order valence-corrected chi connectivity index (χ2v) is 6.43. The van der Waals surface area contributed by atoms with Crippen LogP contribution in [0.3, 0.4) is 0 Å². The van der Waals surface area contributed by atoms with Crippen molar-refractivity contribution in [1.82, 2.24) is 10.2 Å². The molecule has 1 amide bonds. The summed E-state index contributed by atoms with van der Waals surface area (Å²) in [6.45, 7) is 4.48. The van der Waals surface area contributed by atoms with Gasteiger partial charge in [-0.25, -0.2) is 4.79 Å². The molecule has 6 heteroatoms. The van der Waals surface area contributed by atoms with E-state index >= 15 is 0 Å². The number of aliphatic carboxylic acids is 1. The van der Waals surface area contributed by atoms with Crippen LogP contribution in [0.2, 0.25) is 0 Å². The number of carboxylic acid groups (broad SMARTS) is 1. The summed E-state index contributed by atoms with van der Waals surface area (Å²) in [7, 11) is 0. The van der Waals surface area contributed by atoms with Crippen molar-refractivity contribution >= 4 is 11.9 Å². The molecule has 6 nitrogen and oxygen atoms in total. The number of fused-ring (bicyclic) bond motifs is 1. The Balaban J connectivity index is 1.89. The highest BCUT2D eigenvalue weighted by Gasteiger charge is 2.56. The Kier molecular flexibility index (Phi) is 3.82. The van der Waals surface area contributed by atoms with Crippen LogP contribution in [0.15, 0.2) is 22.9 Å². The maximum atomic E-state index is 12.1. The van der Waals surface area contributed by atoms with Gasteiger partial charge in [0, 0.05) is 6.04 Å². The molecule has 0 bridgehead atoms. The number of carboxylic acids is 1. The van der Waals surface area contributed by atoms with E-state index in [2.05, 4.69) is 11.4 Å².